The van der Waals surface area contributed by atoms with E-state index in [0.29, 0.717) is 21.8 Å². The molecule has 0 fully saturated rings. The molecular weight excluding hydrogens is 474 g/mol. The predicted molar refractivity (Wildman–Crippen MR) is 150 cm³/mol. The molecule has 184 valence electrons. The Kier molecular flexibility index (Phi) is 8.65. The van der Waals surface area contributed by atoms with Crippen LogP contribution in [-0.2, 0) is 6.42 Å². The molecule has 5 N–H and O–H groups in total. The van der Waals surface area contributed by atoms with Gasteiger partial charge in [-0.25, -0.2) is 4.98 Å². The fourth-order valence-corrected chi connectivity index (χ4v) is 3.88. The molecule has 0 radical (unpaired) electrons. The fourth-order valence-electron chi connectivity index (χ4n) is 3.62. The van der Waals surface area contributed by atoms with Gasteiger partial charge in [0.15, 0.2) is 0 Å². The third-order valence-corrected chi connectivity index (χ3v) is 5.69. The molecule has 36 heavy (non-hydrogen) atoms. The Hall–Kier alpha value is -4.36. The molecule has 0 spiro atoms. The van der Waals surface area contributed by atoms with E-state index in [9.17, 15) is 4.79 Å². The van der Waals surface area contributed by atoms with Gasteiger partial charge in [-0.05, 0) is 60.7 Å². The van der Waals surface area contributed by atoms with E-state index in [4.69, 9.17) is 28.2 Å². The molecule has 0 saturated carbocycles. The smallest absolute Gasteiger partial charge is 0.264 e. The number of aryl methyl sites for hydroxylation is 1. The van der Waals surface area contributed by atoms with E-state index in [-0.39, 0.29) is 17.3 Å². The standard InChI is InChI=1S/C18H18ClNO.C10H10N4O/c1-4-7-10-14(5-2)20-15(6-3)12-13-9-8-11-16(19)17(13)18(20)21;11-9-8(5-13-10(12)14-9)6-1-3-7(15)4-2-6/h4-5,7-12H,2,6H2,1,3H3;1-5,15H,(H4,11,12,13,14)/b7-4-,14-10+;. The Labute approximate surface area is 214 Å². The number of hydrogen-bond acceptors (Lipinski definition) is 6. The zero-order valence-electron chi connectivity index (χ0n) is 20.1. The molecule has 2 aromatic carbocycles. The van der Waals surface area contributed by atoms with Crippen LogP contribution >= 0.6 is 11.6 Å². The third kappa shape index (κ3) is 5.82. The van der Waals surface area contributed by atoms with Crippen molar-refractivity contribution in [3.05, 3.63) is 107 Å². The van der Waals surface area contributed by atoms with Crippen molar-refractivity contribution in [1.82, 2.24) is 14.5 Å². The molecule has 2 aromatic heterocycles. The molecule has 4 aromatic rings. The zero-order valence-corrected chi connectivity index (χ0v) is 20.9. The van der Waals surface area contributed by atoms with Crippen LogP contribution in [0.15, 0.2) is 90.4 Å². The summed E-state index contributed by atoms with van der Waals surface area (Å²) in [5, 5.41) is 11.0. The summed E-state index contributed by atoms with van der Waals surface area (Å²) < 4.78 is 1.68. The maximum atomic E-state index is 12.9. The lowest BCUT2D eigenvalue weighted by Crippen LogP contribution is -2.22. The summed E-state index contributed by atoms with van der Waals surface area (Å²) in [4.78, 5) is 20.6. The van der Waals surface area contributed by atoms with Crippen molar-refractivity contribution in [3.63, 3.8) is 0 Å². The minimum atomic E-state index is -0.106. The van der Waals surface area contributed by atoms with Crippen LogP contribution in [0.2, 0.25) is 5.02 Å². The average molecular weight is 502 g/mol. The lowest BCUT2D eigenvalue weighted by Gasteiger charge is -2.14. The van der Waals surface area contributed by atoms with Crippen molar-refractivity contribution in [2.75, 3.05) is 11.5 Å². The van der Waals surface area contributed by atoms with E-state index in [1.165, 1.54) is 0 Å². The van der Waals surface area contributed by atoms with Gasteiger partial charge in [0.1, 0.15) is 11.6 Å². The molecule has 0 saturated heterocycles. The lowest BCUT2D eigenvalue weighted by atomic mass is 10.1. The number of nitrogens with two attached hydrogens (primary N) is 2. The average Bonchev–Trinajstić information content (AvgIpc) is 2.86. The highest BCUT2D eigenvalue weighted by Gasteiger charge is 2.12. The minimum absolute atomic E-state index is 0.106. The quantitative estimate of drug-likeness (QED) is 0.296. The molecule has 7 nitrogen and oxygen atoms in total. The van der Waals surface area contributed by atoms with Gasteiger partial charge in [-0.2, -0.15) is 4.98 Å². The zero-order chi connectivity index (χ0) is 26.2. The molecule has 0 aliphatic rings. The monoisotopic (exact) mass is 501 g/mol. The van der Waals surface area contributed by atoms with Crippen LogP contribution in [-0.4, -0.2) is 19.6 Å². The summed E-state index contributed by atoms with van der Waals surface area (Å²) in [6, 6.07) is 14.1. The second-order valence-electron chi connectivity index (χ2n) is 7.73. The van der Waals surface area contributed by atoms with Gasteiger partial charge in [-0.15, -0.1) is 0 Å². The van der Waals surface area contributed by atoms with Crippen LogP contribution in [0.25, 0.3) is 27.6 Å². The summed E-state index contributed by atoms with van der Waals surface area (Å²) in [6.07, 6.45) is 9.66. The molecule has 0 aliphatic heterocycles. The Bertz CT molecular complexity index is 1510. The molecule has 2 heterocycles. The first-order valence-corrected chi connectivity index (χ1v) is 11.6. The number of aromatic hydroxyl groups is 1. The van der Waals surface area contributed by atoms with Crippen molar-refractivity contribution in [2.24, 2.45) is 0 Å². The number of anilines is 2. The van der Waals surface area contributed by atoms with Crippen molar-refractivity contribution in [1.29, 1.82) is 0 Å². The first-order chi connectivity index (χ1) is 17.3. The third-order valence-electron chi connectivity index (χ3n) is 5.38. The molecule has 0 bridgehead atoms. The Morgan fingerprint density at radius 1 is 1.19 bits per heavy atom. The fraction of sp³-hybridized carbons (Fsp3) is 0.107. The number of fused-ring (bicyclic) bond motifs is 1. The number of aromatic nitrogens is 3. The second-order valence-corrected chi connectivity index (χ2v) is 8.14. The first-order valence-electron chi connectivity index (χ1n) is 11.3. The van der Waals surface area contributed by atoms with Gasteiger partial charge < -0.3 is 16.6 Å². The van der Waals surface area contributed by atoms with Crippen molar-refractivity contribution in [2.45, 2.75) is 20.3 Å². The number of benzene rings is 2. The normalized spacial score (nSPS) is 11.4. The van der Waals surface area contributed by atoms with E-state index in [2.05, 4.69) is 16.5 Å². The summed E-state index contributed by atoms with van der Waals surface area (Å²) in [5.74, 6) is 0.678. The highest BCUT2D eigenvalue weighted by Crippen LogP contribution is 2.25. The Morgan fingerprint density at radius 2 is 1.92 bits per heavy atom. The summed E-state index contributed by atoms with van der Waals surface area (Å²) in [5.41, 5.74) is 14.2. The number of phenols is 1. The summed E-state index contributed by atoms with van der Waals surface area (Å²) in [6.45, 7) is 7.77. The Morgan fingerprint density at radius 3 is 2.53 bits per heavy atom. The van der Waals surface area contributed by atoms with Gasteiger partial charge in [0.2, 0.25) is 5.95 Å². The summed E-state index contributed by atoms with van der Waals surface area (Å²) >= 11 is 6.21. The number of rotatable bonds is 5. The van der Waals surface area contributed by atoms with Crippen LogP contribution in [0.1, 0.15) is 19.5 Å². The van der Waals surface area contributed by atoms with E-state index in [0.717, 1.165) is 28.8 Å². The molecule has 0 aliphatic carbocycles. The predicted octanol–water partition coefficient (Wildman–Crippen LogP) is 5.83. The van der Waals surface area contributed by atoms with Gasteiger partial charge in [-0.1, -0.05) is 61.5 Å². The van der Waals surface area contributed by atoms with Gasteiger partial charge in [0, 0.05) is 23.2 Å². The van der Waals surface area contributed by atoms with Gasteiger partial charge >= 0.3 is 0 Å². The van der Waals surface area contributed by atoms with Gasteiger partial charge in [-0.3, -0.25) is 9.36 Å². The Balaban J connectivity index is 0.000000212. The van der Waals surface area contributed by atoms with Crippen molar-refractivity contribution < 1.29 is 5.11 Å². The van der Waals surface area contributed by atoms with E-state index in [1.54, 1.807) is 47.2 Å². The number of allylic oxidation sites excluding steroid dienone is 5. The maximum Gasteiger partial charge on any atom is 0.264 e. The largest absolute Gasteiger partial charge is 0.508 e. The molecule has 4 rings (SSSR count). The van der Waals surface area contributed by atoms with Crippen LogP contribution in [0.4, 0.5) is 11.8 Å². The number of nitrogens with zero attached hydrogens (tertiary/aromatic N) is 3. The highest BCUT2D eigenvalue weighted by molar-refractivity contribution is 6.35. The molecule has 0 amide bonds. The van der Waals surface area contributed by atoms with Crippen LogP contribution in [0.3, 0.4) is 0 Å². The summed E-state index contributed by atoms with van der Waals surface area (Å²) in [7, 11) is 0. The SMILES string of the molecule is C=C/C(=C\C=C/C)n1c(CC)cc2cccc(Cl)c2c1=O.Nc1ncc(-c2ccc(O)cc2)c(N)n1. The van der Waals surface area contributed by atoms with Crippen molar-refractivity contribution >= 4 is 39.8 Å². The maximum absolute atomic E-state index is 12.9. The van der Waals surface area contributed by atoms with Crippen LogP contribution in [0.5, 0.6) is 5.75 Å². The number of halogens is 1. The molecule has 0 unspecified atom stereocenters. The lowest BCUT2D eigenvalue weighted by molar-refractivity contribution is 0.475. The highest BCUT2D eigenvalue weighted by atomic mass is 35.5. The van der Waals surface area contributed by atoms with Crippen LogP contribution < -0.4 is 17.0 Å². The number of phenolic OH excluding ortho intramolecular Hbond substituents is 1. The second kappa shape index (κ2) is 11.9. The van der Waals surface area contributed by atoms with Gasteiger partial charge in [0.05, 0.1) is 10.4 Å². The van der Waals surface area contributed by atoms with E-state index >= 15 is 0 Å². The van der Waals surface area contributed by atoms with E-state index < -0.39 is 0 Å². The number of nitrogen functional groups attached to an aromatic ring is 2. The van der Waals surface area contributed by atoms with Crippen LogP contribution in [0, 0.1) is 0 Å². The van der Waals surface area contributed by atoms with Gasteiger partial charge in [0.25, 0.3) is 5.56 Å². The van der Waals surface area contributed by atoms with E-state index in [1.807, 2.05) is 50.3 Å². The minimum Gasteiger partial charge on any atom is -0.508 e. The molecule has 8 heteroatoms. The number of hydrogen-bond donors (Lipinski definition) is 3. The topological polar surface area (TPSA) is 120 Å². The first kappa shape index (κ1) is 26.2. The number of pyridine rings is 1. The molecule has 0 atom stereocenters. The molecular formula is C28H28ClN5O2. The van der Waals surface area contributed by atoms with Crippen molar-refractivity contribution in [3.8, 4) is 16.9 Å².